The van der Waals surface area contributed by atoms with E-state index in [0.717, 1.165) is 12.1 Å². The molecule has 1 N–H and O–H groups in total. The first-order valence-electron chi connectivity index (χ1n) is 7.85. The van der Waals surface area contributed by atoms with Crippen molar-refractivity contribution in [2.45, 2.75) is 23.3 Å². The first kappa shape index (κ1) is 20.9. The number of hydrogen-bond acceptors (Lipinski definition) is 4. The van der Waals surface area contributed by atoms with Crippen LogP contribution < -0.4 is 5.32 Å². The van der Waals surface area contributed by atoms with Crippen molar-refractivity contribution in [2.75, 3.05) is 32.7 Å². The number of carbonyl (C=O) groups is 1. The van der Waals surface area contributed by atoms with Gasteiger partial charge in [-0.2, -0.15) is 4.31 Å². The number of sulfonamides is 1. The van der Waals surface area contributed by atoms with Crippen LogP contribution in [0.15, 0.2) is 29.2 Å². The quantitative estimate of drug-likeness (QED) is 0.805. The number of piperazine rings is 1. The SMILES string of the molecule is Cl.O=C(C1CC(F)(F)CN1)N1CCN(S(=O)(=O)c2ccc(F)cc2)CC1. The van der Waals surface area contributed by atoms with E-state index in [9.17, 15) is 26.4 Å². The minimum Gasteiger partial charge on any atom is -0.339 e. The molecule has 3 rings (SSSR count). The standard InChI is InChI=1S/C15H18F3N3O3S.ClH/c16-11-1-3-12(4-2-11)25(23,24)21-7-5-20(6-8-21)14(22)13-9-15(17,18)10-19-13;/h1-4,13,19H,5-10H2;1H. The highest BCUT2D eigenvalue weighted by Gasteiger charge is 2.44. The summed E-state index contributed by atoms with van der Waals surface area (Å²) in [6.07, 6.45) is -0.542. The highest BCUT2D eigenvalue weighted by Crippen LogP contribution is 2.26. The fourth-order valence-electron chi connectivity index (χ4n) is 3.01. The average Bonchev–Trinajstić information content (AvgIpc) is 2.95. The molecule has 11 heteroatoms. The molecule has 0 aromatic heterocycles. The largest absolute Gasteiger partial charge is 0.339 e. The molecule has 1 atom stereocenters. The summed E-state index contributed by atoms with van der Waals surface area (Å²) >= 11 is 0. The molecule has 0 bridgehead atoms. The first-order valence-corrected chi connectivity index (χ1v) is 9.29. The number of amides is 1. The lowest BCUT2D eigenvalue weighted by Crippen LogP contribution is -2.54. The molecule has 1 aromatic rings. The molecular weight excluding hydrogens is 395 g/mol. The molecule has 0 saturated carbocycles. The van der Waals surface area contributed by atoms with E-state index in [1.807, 2.05) is 0 Å². The van der Waals surface area contributed by atoms with Crippen molar-refractivity contribution in [2.24, 2.45) is 0 Å². The third-order valence-electron chi connectivity index (χ3n) is 4.41. The van der Waals surface area contributed by atoms with Gasteiger partial charge in [-0.1, -0.05) is 0 Å². The van der Waals surface area contributed by atoms with Crippen LogP contribution in [0.25, 0.3) is 0 Å². The Kier molecular flexibility index (Phi) is 6.21. The number of halogens is 4. The lowest BCUT2D eigenvalue weighted by molar-refractivity contribution is -0.134. The number of nitrogens with zero attached hydrogens (tertiary/aromatic N) is 2. The predicted octanol–water partition coefficient (Wildman–Crippen LogP) is 1.08. The zero-order valence-electron chi connectivity index (χ0n) is 13.7. The van der Waals surface area contributed by atoms with Crippen molar-refractivity contribution >= 4 is 28.3 Å². The summed E-state index contributed by atoms with van der Waals surface area (Å²) in [7, 11) is -3.77. The Balaban J connectivity index is 0.00000243. The normalized spacial score (nSPS) is 23.5. The van der Waals surface area contributed by atoms with Crippen LogP contribution in [0.4, 0.5) is 13.2 Å². The van der Waals surface area contributed by atoms with Gasteiger partial charge in [0.25, 0.3) is 5.92 Å². The van der Waals surface area contributed by atoms with Gasteiger partial charge in [0.1, 0.15) is 5.82 Å². The Morgan fingerprint density at radius 1 is 1.12 bits per heavy atom. The van der Waals surface area contributed by atoms with E-state index in [2.05, 4.69) is 5.32 Å². The first-order chi connectivity index (χ1) is 11.7. The van der Waals surface area contributed by atoms with E-state index in [-0.39, 0.29) is 43.5 Å². The van der Waals surface area contributed by atoms with Crippen LogP contribution in [0.5, 0.6) is 0 Å². The minimum atomic E-state index is -3.77. The fourth-order valence-corrected chi connectivity index (χ4v) is 4.44. The zero-order chi connectivity index (χ0) is 18.2. The Bertz CT molecular complexity index is 753. The zero-order valence-corrected chi connectivity index (χ0v) is 15.3. The predicted molar refractivity (Wildman–Crippen MR) is 90.3 cm³/mol. The number of nitrogens with one attached hydrogen (secondary N) is 1. The summed E-state index contributed by atoms with van der Waals surface area (Å²) in [6, 6.07) is 3.58. The van der Waals surface area contributed by atoms with Crippen LogP contribution in [-0.4, -0.2) is 68.2 Å². The number of alkyl halides is 2. The molecule has 2 fully saturated rings. The molecule has 0 aliphatic carbocycles. The Labute approximate surface area is 155 Å². The van der Waals surface area contributed by atoms with Gasteiger partial charge in [0.15, 0.2) is 0 Å². The monoisotopic (exact) mass is 413 g/mol. The average molecular weight is 414 g/mol. The van der Waals surface area contributed by atoms with Gasteiger partial charge < -0.3 is 4.90 Å². The van der Waals surface area contributed by atoms with Gasteiger partial charge >= 0.3 is 0 Å². The van der Waals surface area contributed by atoms with Crippen LogP contribution in [0.3, 0.4) is 0 Å². The molecule has 1 aromatic carbocycles. The smallest absolute Gasteiger partial charge is 0.262 e. The lowest BCUT2D eigenvalue weighted by Gasteiger charge is -2.35. The third kappa shape index (κ3) is 4.30. The van der Waals surface area contributed by atoms with E-state index in [0.29, 0.717) is 0 Å². The topological polar surface area (TPSA) is 69.7 Å². The van der Waals surface area contributed by atoms with E-state index in [4.69, 9.17) is 0 Å². The Hall–Kier alpha value is -1.36. The molecule has 0 radical (unpaired) electrons. The van der Waals surface area contributed by atoms with Gasteiger partial charge in [-0.3, -0.25) is 10.1 Å². The Morgan fingerprint density at radius 2 is 1.69 bits per heavy atom. The van der Waals surface area contributed by atoms with Crippen molar-refractivity contribution in [3.8, 4) is 0 Å². The van der Waals surface area contributed by atoms with E-state index < -0.39 is 46.7 Å². The maximum absolute atomic E-state index is 13.2. The Morgan fingerprint density at radius 3 is 2.19 bits per heavy atom. The molecule has 1 unspecified atom stereocenters. The second kappa shape index (κ2) is 7.71. The van der Waals surface area contributed by atoms with Crippen molar-refractivity contribution in [3.63, 3.8) is 0 Å². The van der Waals surface area contributed by atoms with Crippen LogP contribution in [0.1, 0.15) is 6.42 Å². The molecule has 2 aliphatic rings. The van der Waals surface area contributed by atoms with E-state index in [1.165, 1.54) is 21.3 Å². The molecule has 2 saturated heterocycles. The molecule has 0 spiro atoms. The summed E-state index contributed by atoms with van der Waals surface area (Å²) in [4.78, 5) is 13.6. The number of carbonyl (C=O) groups excluding carboxylic acids is 1. The van der Waals surface area contributed by atoms with Gasteiger partial charge in [-0.05, 0) is 24.3 Å². The molecule has 146 valence electrons. The maximum atomic E-state index is 13.2. The van der Waals surface area contributed by atoms with Crippen LogP contribution >= 0.6 is 12.4 Å². The second-order valence-corrected chi connectivity index (χ2v) is 8.11. The van der Waals surface area contributed by atoms with Crippen molar-refractivity contribution < 1.29 is 26.4 Å². The summed E-state index contributed by atoms with van der Waals surface area (Å²) in [5.41, 5.74) is 0. The molecule has 6 nitrogen and oxygen atoms in total. The van der Waals surface area contributed by atoms with Crippen LogP contribution in [0.2, 0.25) is 0 Å². The second-order valence-electron chi connectivity index (χ2n) is 6.18. The van der Waals surface area contributed by atoms with E-state index >= 15 is 0 Å². The lowest BCUT2D eigenvalue weighted by atomic mass is 10.1. The molecule has 2 heterocycles. The van der Waals surface area contributed by atoms with Gasteiger partial charge in [0.2, 0.25) is 15.9 Å². The maximum Gasteiger partial charge on any atom is 0.262 e. The summed E-state index contributed by atoms with van der Waals surface area (Å²) in [5, 5.41) is 2.51. The summed E-state index contributed by atoms with van der Waals surface area (Å²) in [5.74, 6) is -3.86. The highest BCUT2D eigenvalue weighted by atomic mass is 35.5. The van der Waals surface area contributed by atoms with Gasteiger partial charge in [-0.25, -0.2) is 21.6 Å². The van der Waals surface area contributed by atoms with Crippen molar-refractivity contribution in [3.05, 3.63) is 30.1 Å². The summed E-state index contributed by atoms with van der Waals surface area (Å²) in [6.45, 7) is -0.141. The number of benzene rings is 1. The summed E-state index contributed by atoms with van der Waals surface area (Å²) < 4.78 is 65.6. The van der Waals surface area contributed by atoms with Gasteiger partial charge in [0, 0.05) is 32.6 Å². The fraction of sp³-hybridized carbons (Fsp3) is 0.533. The van der Waals surface area contributed by atoms with Crippen molar-refractivity contribution in [1.82, 2.24) is 14.5 Å². The minimum absolute atomic E-state index is 0. The molecule has 26 heavy (non-hydrogen) atoms. The molecular formula is C15H19ClF3N3O3S. The number of rotatable bonds is 3. The van der Waals surface area contributed by atoms with Crippen LogP contribution in [-0.2, 0) is 14.8 Å². The van der Waals surface area contributed by atoms with E-state index in [1.54, 1.807) is 0 Å². The highest BCUT2D eigenvalue weighted by molar-refractivity contribution is 7.89. The number of hydrogen-bond donors (Lipinski definition) is 1. The molecule has 2 aliphatic heterocycles. The third-order valence-corrected chi connectivity index (χ3v) is 6.32. The molecule has 1 amide bonds. The van der Waals surface area contributed by atoms with Crippen molar-refractivity contribution in [1.29, 1.82) is 0 Å². The van der Waals surface area contributed by atoms with Gasteiger partial charge in [0.05, 0.1) is 17.5 Å². The van der Waals surface area contributed by atoms with Crippen LogP contribution in [0, 0.1) is 5.82 Å². The van der Waals surface area contributed by atoms with Gasteiger partial charge in [-0.15, -0.1) is 12.4 Å².